The maximum Gasteiger partial charge on any atom is 0.348 e. The Morgan fingerprint density at radius 2 is 2.00 bits per heavy atom. The molecule has 2 aromatic heterocycles. The van der Waals surface area contributed by atoms with E-state index in [9.17, 15) is 9.18 Å². The summed E-state index contributed by atoms with van der Waals surface area (Å²) in [5.74, 6) is -0.141. The summed E-state index contributed by atoms with van der Waals surface area (Å²) >= 11 is 1.35. The zero-order valence-corrected chi connectivity index (χ0v) is 13.4. The standard InChI is InChI=1S/C17H14FNO3S/c1-10-7-8-23-16(10)17(20)21-9-14-11(2)15(22-19-14)12-3-5-13(18)6-4-12/h3-8H,9H2,1-2H3. The van der Waals surface area contributed by atoms with E-state index in [-0.39, 0.29) is 18.4 Å². The van der Waals surface area contributed by atoms with Crippen LogP contribution in [0.15, 0.2) is 40.2 Å². The van der Waals surface area contributed by atoms with Crippen LogP contribution in [-0.4, -0.2) is 11.1 Å². The Labute approximate surface area is 136 Å². The van der Waals surface area contributed by atoms with Crippen molar-refractivity contribution in [3.8, 4) is 11.3 Å². The van der Waals surface area contributed by atoms with Gasteiger partial charge in [-0.25, -0.2) is 9.18 Å². The minimum absolute atomic E-state index is 0.0344. The average molecular weight is 331 g/mol. The van der Waals surface area contributed by atoms with Crippen LogP contribution in [0.3, 0.4) is 0 Å². The van der Waals surface area contributed by atoms with Gasteiger partial charge in [-0.1, -0.05) is 5.16 Å². The first kappa shape index (κ1) is 15.4. The molecule has 0 aliphatic carbocycles. The topological polar surface area (TPSA) is 52.3 Å². The van der Waals surface area contributed by atoms with Crippen LogP contribution in [0.2, 0.25) is 0 Å². The molecular weight excluding hydrogens is 317 g/mol. The number of halogens is 1. The van der Waals surface area contributed by atoms with E-state index < -0.39 is 0 Å². The highest BCUT2D eigenvalue weighted by atomic mass is 32.1. The van der Waals surface area contributed by atoms with Gasteiger partial charge in [0.05, 0.1) is 0 Å². The van der Waals surface area contributed by atoms with Gasteiger partial charge >= 0.3 is 5.97 Å². The Morgan fingerprint density at radius 3 is 2.65 bits per heavy atom. The molecule has 118 valence electrons. The Hall–Kier alpha value is -2.47. The molecule has 0 bridgehead atoms. The number of ether oxygens (including phenoxy) is 1. The normalized spacial score (nSPS) is 10.7. The van der Waals surface area contributed by atoms with Crippen molar-refractivity contribution >= 4 is 17.3 Å². The molecule has 0 saturated carbocycles. The summed E-state index contributed by atoms with van der Waals surface area (Å²) in [5, 5.41) is 5.79. The second-order valence-corrected chi connectivity index (χ2v) is 6.02. The van der Waals surface area contributed by atoms with Crippen molar-refractivity contribution in [2.75, 3.05) is 0 Å². The number of rotatable bonds is 4. The summed E-state index contributed by atoms with van der Waals surface area (Å²) < 4.78 is 23.6. The fourth-order valence-electron chi connectivity index (χ4n) is 2.16. The first-order valence-electron chi connectivity index (χ1n) is 6.98. The Kier molecular flexibility index (Phi) is 4.25. The van der Waals surface area contributed by atoms with Crippen molar-refractivity contribution in [3.63, 3.8) is 0 Å². The molecule has 4 nitrogen and oxygen atoms in total. The van der Waals surface area contributed by atoms with Crippen LogP contribution in [0.25, 0.3) is 11.3 Å². The Balaban J connectivity index is 1.74. The van der Waals surface area contributed by atoms with Gasteiger partial charge in [0.1, 0.15) is 23.0 Å². The third kappa shape index (κ3) is 3.17. The molecule has 0 radical (unpaired) electrons. The zero-order valence-electron chi connectivity index (χ0n) is 12.6. The maximum absolute atomic E-state index is 13.0. The van der Waals surface area contributed by atoms with E-state index in [2.05, 4.69) is 5.16 Å². The number of hydrogen-bond donors (Lipinski definition) is 0. The van der Waals surface area contributed by atoms with Crippen molar-refractivity contribution < 1.29 is 18.4 Å². The van der Waals surface area contributed by atoms with Crippen LogP contribution in [0.5, 0.6) is 0 Å². The van der Waals surface area contributed by atoms with Crippen molar-refractivity contribution in [3.05, 3.63) is 63.2 Å². The van der Waals surface area contributed by atoms with Crippen LogP contribution < -0.4 is 0 Å². The van der Waals surface area contributed by atoms with E-state index in [1.54, 1.807) is 12.1 Å². The number of benzene rings is 1. The lowest BCUT2D eigenvalue weighted by molar-refractivity contribution is 0.0469. The van der Waals surface area contributed by atoms with Gasteiger partial charge in [0.2, 0.25) is 0 Å². The second-order valence-electron chi connectivity index (χ2n) is 5.10. The minimum Gasteiger partial charge on any atom is -0.455 e. The summed E-state index contributed by atoms with van der Waals surface area (Å²) in [6, 6.07) is 7.82. The fraction of sp³-hybridized carbons (Fsp3) is 0.176. The molecule has 0 spiro atoms. The molecule has 0 atom stereocenters. The molecule has 0 fully saturated rings. The molecule has 3 rings (SSSR count). The van der Waals surface area contributed by atoms with E-state index in [1.807, 2.05) is 25.3 Å². The Morgan fingerprint density at radius 1 is 1.26 bits per heavy atom. The van der Waals surface area contributed by atoms with Crippen LogP contribution in [-0.2, 0) is 11.3 Å². The SMILES string of the molecule is Cc1ccsc1C(=O)OCc1noc(-c2ccc(F)cc2)c1C. The number of aromatic nitrogens is 1. The van der Waals surface area contributed by atoms with Crippen molar-refractivity contribution in [2.45, 2.75) is 20.5 Å². The van der Waals surface area contributed by atoms with Crippen molar-refractivity contribution in [1.29, 1.82) is 0 Å². The van der Waals surface area contributed by atoms with Crippen LogP contribution in [0.1, 0.15) is 26.5 Å². The highest BCUT2D eigenvalue weighted by Gasteiger charge is 2.17. The lowest BCUT2D eigenvalue weighted by Gasteiger charge is -2.02. The van der Waals surface area contributed by atoms with Gasteiger partial charge in [-0.15, -0.1) is 11.3 Å². The van der Waals surface area contributed by atoms with E-state index >= 15 is 0 Å². The molecule has 0 amide bonds. The van der Waals surface area contributed by atoms with Gasteiger partial charge in [0, 0.05) is 11.1 Å². The van der Waals surface area contributed by atoms with Crippen LogP contribution in [0, 0.1) is 19.7 Å². The molecule has 1 aromatic carbocycles. The predicted octanol–water partition coefficient (Wildman–Crippen LogP) is 4.52. The van der Waals surface area contributed by atoms with Crippen molar-refractivity contribution in [2.24, 2.45) is 0 Å². The summed E-state index contributed by atoms with van der Waals surface area (Å²) in [6.07, 6.45) is 0. The molecule has 3 aromatic rings. The average Bonchev–Trinajstić information content (AvgIpc) is 3.12. The van der Waals surface area contributed by atoms with Crippen LogP contribution >= 0.6 is 11.3 Å². The molecule has 0 aliphatic rings. The maximum atomic E-state index is 13.0. The predicted molar refractivity (Wildman–Crippen MR) is 84.8 cm³/mol. The number of thiophene rings is 1. The first-order valence-corrected chi connectivity index (χ1v) is 7.86. The van der Waals surface area contributed by atoms with E-state index in [4.69, 9.17) is 9.26 Å². The van der Waals surface area contributed by atoms with E-state index in [0.29, 0.717) is 16.3 Å². The molecular formula is C17H14FNO3S. The lowest BCUT2D eigenvalue weighted by atomic mass is 10.1. The van der Waals surface area contributed by atoms with Gasteiger partial charge in [-0.3, -0.25) is 0 Å². The monoisotopic (exact) mass is 331 g/mol. The molecule has 2 heterocycles. The summed E-state index contributed by atoms with van der Waals surface area (Å²) in [5.41, 5.74) is 2.94. The number of nitrogens with zero attached hydrogens (tertiary/aromatic N) is 1. The Bertz CT molecular complexity index is 836. The molecule has 0 unspecified atom stereocenters. The molecule has 23 heavy (non-hydrogen) atoms. The number of carbonyl (C=O) groups is 1. The summed E-state index contributed by atoms with van der Waals surface area (Å²) in [6.45, 7) is 3.72. The van der Waals surface area contributed by atoms with E-state index in [0.717, 1.165) is 16.7 Å². The molecule has 0 aliphatic heterocycles. The summed E-state index contributed by atoms with van der Waals surface area (Å²) in [4.78, 5) is 12.6. The third-order valence-electron chi connectivity index (χ3n) is 3.51. The van der Waals surface area contributed by atoms with Crippen molar-refractivity contribution in [1.82, 2.24) is 5.16 Å². The lowest BCUT2D eigenvalue weighted by Crippen LogP contribution is -2.05. The minimum atomic E-state index is -0.372. The van der Waals surface area contributed by atoms with Gasteiger partial charge in [-0.05, 0) is 55.1 Å². The number of hydrogen-bond acceptors (Lipinski definition) is 5. The molecule has 0 N–H and O–H groups in total. The molecule has 0 saturated heterocycles. The number of aryl methyl sites for hydroxylation is 1. The largest absolute Gasteiger partial charge is 0.455 e. The van der Waals surface area contributed by atoms with E-state index in [1.165, 1.54) is 23.5 Å². The summed E-state index contributed by atoms with van der Waals surface area (Å²) in [7, 11) is 0. The first-order chi connectivity index (χ1) is 11.1. The highest BCUT2D eigenvalue weighted by Crippen LogP contribution is 2.26. The van der Waals surface area contributed by atoms with Crippen LogP contribution in [0.4, 0.5) is 4.39 Å². The van der Waals surface area contributed by atoms with Gasteiger partial charge in [-0.2, -0.15) is 0 Å². The highest BCUT2D eigenvalue weighted by molar-refractivity contribution is 7.12. The van der Waals surface area contributed by atoms with Gasteiger partial charge in [0.25, 0.3) is 0 Å². The zero-order chi connectivity index (χ0) is 16.4. The molecule has 6 heteroatoms. The quantitative estimate of drug-likeness (QED) is 0.660. The third-order valence-corrected chi connectivity index (χ3v) is 4.51. The number of esters is 1. The second kappa shape index (κ2) is 6.34. The fourth-order valence-corrected chi connectivity index (χ4v) is 2.97. The van der Waals surface area contributed by atoms with Gasteiger partial charge in [0.15, 0.2) is 5.76 Å². The number of carbonyl (C=O) groups excluding carboxylic acids is 1. The smallest absolute Gasteiger partial charge is 0.348 e. The van der Waals surface area contributed by atoms with Gasteiger partial charge < -0.3 is 9.26 Å².